The molecule has 0 unspecified atom stereocenters. The van der Waals surface area contributed by atoms with Crippen LogP contribution in [0.15, 0.2) is 24.3 Å². The van der Waals surface area contributed by atoms with Crippen molar-refractivity contribution in [3.63, 3.8) is 0 Å². The Hall–Kier alpha value is -1.99. The lowest BCUT2D eigenvalue weighted by atomic mass is 10.0. The molecular weight excluding hydrogens is 320 g/mol. The Morgan fingerprint density at radius 3 is 2.36 bits per heavy atom. The van der Waals surface area contributed by atoms with E-state index in [-0.39, 0.29) is 18.0 Å². The summed E-state index contributed by atoms with van der Waals surface area (Å²) < 4.78 is 0. The van der Waals surface area contributed by atoms with Gasteiger partial charge in [-0.25, -0.2) is 0 Å². The van der Waals surface area contributed by atoms with Crippen LogP contribution >= 0.6 is 0 Å². The van der Waals surface area contributed by atoms with Crippen LogP contribution in [0, 0.1) is 10.1 Å². The third-order valence-electron chi connectivity index (χ3n) is 5.03. The predicted molar refractivity (Wildman–Crippen MR) is 97.6 cm³/mol. The molecule has 0 spiro atoms. The van der Waals surface area contributed by atoms with E-state index in [1.54, 1.807) is 17.0 Å². The maximum Gasteiger partial charge on any atom is 0.269 e. The Balaban J connectivity index is 1.76. The minimum atomic E-state index is -0.434. The Labute approximate surface area is 149 Å². The number of likely N-dealkylation sites (tertiary alicyclic amines) is 1. The fraction of sp³-hybridized carbons (Fsp3) is 0.611. The van der Waals surface area contributed by atoms with Gasteiger partial charge in [0.15, 0.2) is 0 Å². The summed E-state index contributed by atoms with van der Waals surface area (Å²) in [5, 5.41) is 10.7. The van der Waals surface area contributed by atoms with E-state index >= 15 is 0 Å². The first kappa shape index (κ1) is 19.3. The molecule has 2 rings (SSSR count). The Morgan fingerprint density at radius 1 is 1.20 bits per heavy atom. The smallest absolute Gasteiger partial charge is 0.269 e. The first-order chi connectivity index (χ1) is 11.9. The molecule has 1 aromatic carbocycles. The average molecular weight is 348 g/mol. The first-order valence-corrected chi connectivity index (χ1v) is 8.73. The molecule has 0 aliphatic carbocycles. The molecule has 1 aromatic rings. The number of rotatable bonds is 7. The lowest BCUT2D eigenvalue weighted by Crippen LogP contribution is -2.44. The monoisotopic (exact) mass is 348 g/mol. The number of benzene rings is 1. The maximum atomic E-state index is 12.3. The molecule has 1 aliphatic heterocycles. The predicted octanol–water partition coefficient (Wildman–Crippen LogP) is 1.62. The largest absolute Gasteiger partial charge is 0.344 e. The molecule has 0 aromatic heterocycles. The van der Waals surface area contributed by atoms with Crippen LogP contribution in [0.4, 0.5) is 5.69 Å². The standard InChI is InChI=1S/C18H28N4O3/c1-19-10-8-16(9-11-19)20(2)12-13-21(3)18(23)14-15-4-6-17(7-5-15)22(24)25/h4-7,16H,8-14H2,1-3H3. The lowest BCUT2D eigenvalue weighted by molar-refractivity contribution is -0.384. The van der Waals surface area contributed by atoms with Gasteiger partial charge in [-0.15, -0.1) is 0 Å². The van der Waals surface area contributed by atoms with E-state index in [9.17, 15) is 14.9 Å². The zero-order valence-electron chi connectivity index (χ0n) is 15.4. The minimum Gasteiger partial charge on any atom is -0.344 e. The Bertz CT molecular complexity index is 582. The van der Waals surface area contributed by atoms with Crippen LogP contribution in [0.5, 0.6) is 0 Å². The van der Waals surface area contributed by atoms with E-state index in [4.69, 9.17) is 0 Å². The highest BCUT2D eigenvalue weighted by atomic mass is 16.6. The van der Waals surface area contributed by atoms with Gasteiger partial charge in [-0.3, -0.25) is 14.9 Å². The molecule has 0 atom stereocenters. The van der Waals surface area contributed by atoms with Gasteiger partial charge in [0, 0.05) is 38.3 Å². The zero-order chi connectivity index (χ0) is 18.4. The first-order valence-electron chi connectivity index (χ1n) is 8.73. The molecule has 0 radical (unpaired) electrons. The molecule has 7 nitrogen and oxygen atoms in total. The van der Waals surface area contributed by atoms with Gasteiger partial charge < -0.3 is 14.7 Å². The number of likely N-dealkylation sites (N-methyl/N-ethyl adjacent to an activating group) is 2. The third kappa shape index (κ3) is 5.79. The van der Waals surface area contributed by atoms with Crippen molar-refractivity contribution in [2.24, 2.45) is 0 Å². The maximum absolute atomic E-state index is 12.3. The van der Waals surface area contributed by atoms with E-state index in [0.29, 0.717) is 12.6 Å². The molecule has 0 saturated carbocycles. The van der Waals surface area contributed by atoms with Crippen LogP contribution in [0.1, 0.15) is 18.4 Å². The number of nitro groups is 1. The van der Waals surface area contributed by atoms with Crippen molar-refractivity contribution in [2.75, 3.05) is 47.3 Å². The number of amides is 1. The van der Waals surface area contributed by atoms with Gasteiger partial charge in [-0.2, -0.15) is 0 Å². The summed E-state index contributed by atoms with van der Waals surface area (Å²) in [5.74, 6) is 0.0330. The summed E-state index contributed by atoms with van der Waals surface area (Å²) >= 11 is 0. The summed E-state index contributed by atoms with van der Waals surface area (Å²) in [6.07, 6.45) is 2.62. The average Bonchev–Trinajstić information content (AvgIpc) is 2.60. The van der Waals surface area contributed by atoms with Gasteiger partial charge in [0.2, 0.25) is 5.91 Å². The van der Waals surface area contributed by atoms with Gasteiger partial charge in [0.25, 0.3) is 5.69 Å². The number of carbonyl (C=O) groups is 1. The van der Waals surface area contributed by atoms with Crippen molar-refractivity contribution in [1.29, 1.82) is 0 Å². The van der Waals surface area contributed by atoms with Crippen molar-refractivity contribution in [2.45, 2.75) is 25.3 Å². The van der Waals surface area contributed by atoms with E-state index in [1.165, 1.54) is 25.0 Å². The van der Waals surface area contributed by atoms with Crippen molar-refractivity contribution >= 4 is 11.6 Å². The quantitative estimate of drug-likeness (QED) is 0.553. The minimum absolute atomic E-state index is 0.0330. The van der Waals surface area contributed by atoms with Crippen molar-refractivity contribution in [3.05, 3.63) is 39.9 Å². The summed E-state index contributed by atoms with van der Waals surface area (Å²) in [4.78, 5) is 29.0. The molecular formula is C18H28N4O3. The fourth-order valence-corrected chi connectivity index (χ4v) is 3.10. The molecule has 1 saturated heterocycles. The summed E-state index contributed by atoms with van der Waals surface area (Å²) in [5.41, 5.74) is 0.843. The number of carbonyl (C=O) groups excluding carboxylic acids is 1. The zero-order valence-corrected chi connectivity index (χ0v) is 15.4. The molecule has 25 heavy (non-hydrogen) atoms. The number of nitrogens with zero attached hydrogens (tertiary/aromatic N) is 4. The Kier molecular flexibility index (Phi) is 6.90. The highest BCUT2D eigenvalue weighted by molar-refractivity contribution is 5.78. The number of non-ortho nitro benzene ring substituents is 1. The topological polar surface area (TPSA) is 69.9 Å². The number of nitro benzene ring substituents is 1. The number of hydrogen-bond acceptors (Lipinski definition) is 5. The molecule has 7 heteroatoms. The highest BCUT2D eigenvalue weighted by Crippen LogP contribution is 2.14. The molecule has 0 bridgehead atoms. The van der Waals surface area contributed by atoms with Crippen LogP contribution in [0.3, 0.4) is 0 Å². The molecule has 1 fully saturated rings. The van der Waals surface area contributed by atoms with Crippen LogP contribution in [-0.2, 0) is 11.2 Å². The normalized spacial score (nSPS) is 16.2. The van der Waals surface area contributed by atoms with Gasteiger partial charge in [-0.05, 0) is 45.6 Å². The van der Waals surface area contributed by atoms with Crippen molar-refractivity contribution < 1.29 is 9.72 Å². The van der Waals surface area contributed by atoms with Crippen LogP contribution < -0.4 is 0 Å². The van der Waals surface area contributed by atoms with E-state index in [2.05, 4.69) is 23.9 Å². The van der Waals surface area contributed by atoms with Gasteiger partial charge >= 0.3 is 0 Å². The highest BCUT2D eigenvalue weighted by Gasteiger charge is 2.21. The van der Waals surface area contributed by atoms with E-state index < -0.39 is 4.92 Å². The summed E-state index contributed by atoms with van der Waals surface area (Å²) in [7, 11) is 6.10. The number of hydrogen-bond donors (Lipinski definition) is 0. The second kappa shape index (κ2) is 8.92. The molecule has 1 heterocycles. The van der Waals surface area contributed by atoms with E-state index in [0.717, 1.165) is 25.2 Å². The van der Waals surface area contributed by atoms with Crippen LogP contribution in [0.2, 0.25) is 0 Å². The summed E-state index contributed by atoms with van der Waals surface area (Å²) in [6, 6.07) is 6.77. The van der Waals surface area contributed by atoms with Crippen LogP contribution in [-0.4, -0.2) is 78.9 Å². The van der Waals surface area contributed by atoms with Crippen molar-refractivity contribution in [1.82, 2.24) is 14.7 Å². The van der Waals surface area contributed by atoms with Crippen molar-refractivity contribution in [3.8, 4) is 0 Å². The SMILES string of the molecule is CN1CCC(N(C)CCN(C)C(=O)Cc2ccc([N+](=O)[O-])cc2)CC1. The molecule has 0 N–H and O–H groups in total. The second-order valence-corrected chi connectivity index (χ2v) is 6.93. The van der Waals surface area contributed by atoms with Gasteiger partial charge in [0.05, 0.1) is 11.3 Å². The van der Waals surface area contributed by atoms with Gasteiger partial charge in [0.1, 0.15) is 0 Å². The molecule has 138 valence electrons. The molecule has 1 aliphatic rings. The summed E-state index contributed by atoms with van der Waals surface area (Å²) in [6.45, 7) is 3.80. The second-order valence-electron chi connectivity index (χ2n) is 6.93. The number of piperidine rings is 1. The molecule has 1 amide bonds. The fourth-order valence-electron chi connectivity index (χ4n) is 3.10. The van der Waals surface area contributed by atoms with Crippen LogP contribution in [0.25, 0.3) is 0 Å². The van der Waals surface area contributed by atoms with E-state index in [1.807, 2.05) is 7.05 Å². The third-order valence-corrected chi connectivity index (χ3v) is 5.03. The lowest BCUT2D eigenvalue weighted by Gasteiger charge is -2.35. The van der Waals surface area contributed by atoms with Gasteiger partial charge in [-0.1, -0.05) is 12.1 Å². The Morgan fingerprint density at radius 2 is 1.80 bits per heavy atom.